The molecule has 0 bridgehead atoms. The molecule has 0 aromatic carbocycles. The number of likely N-dealkylation sites (N-methyl/N-ethyl adjacent to an activating group) is 1. The van der Waals surface area contributed by atoms with Crippen LogP contribution in [-0.4, -0.2) is 43.8 Å². The number of amides is 1. The Balaban J connectivity index is 2.58. The number of thiophene rings is 1. The maximum absolute atomic E-state index is 12.0. The van der Waals surface area contributed by atoms with E-state index in [1.165, 1.54) is 16.2 Å². The highest BCUT2D eigenvalue weighted by Crippen LogP contribution is 2.11. The van der Waals surface area contributed by atoms with E-state index in [0.29, 0.717) is 6.42 Å². The smallest absolute Gasteiger partial charge is 0.227 e. The maximum Gasteiger partial charge on any atom is 0.227 e. The first-order valence-electron chi connectivity index (χ1n) is 5.84. The second-order valence-corrected chi connectivity index (χ2v) is 7.74. The van der Waals surface area contributed by atoms with Gasteiger partial charge in [0.25, 0.3) is 0 Å². The van der Waals surface area contributed by atoms with E-state index < -0.39 is 9.84 Å². The van der Waals surface area contributed by atoms with E-state index in [1.807, 2.05) is 17.5 Å². The topological polar surface area (TPSA) is 54.5 Å². The van der Waals surface area contributed by atoms with Gasteiger partial charge in [0, 0.05) is 23.7 Å². The SMILES string of the molecule is CCS(=O)(=O)CC(C)N(C)C(=O)Cc1cccs1. The maximum atomic E-state index is 12.0. The molecular formula is C12H19NO3S2. The van der Waals surface area contributed by atoms with Crippen LogP contribution in [0.3, 0.4) is 0 Å². The molecule has 0 aliphatic carbocycles. The fourth-order valence-corrected chi connectivity index (χ4v) is 3.42. The molecule has 0 spiro atoms. The Hall–Kier alpha value is -0.880. The summed E-state index contributed by atoms with van der Waals surface area (Å²) in [5, 5.41) is 1.92. The van der Waals surface area contributed by atoms with E-state index in [4.69, 9.17) is 0 Å². The Morgan fingerprint density at radius 2 is 2.17 bits per heavy atom. The first kappa shape index (κ1) is 15.2. The fourth-order valence-electron chi connectivity index (χ4n) is 1.53. The molecule has 1 aromatic rings. The van der Waals surface area contributed by atoms with Gasteiger partial charge in [-0.2, -0.15) is 0 Å². The highest BCUT2D eigenvalue weighted by molar-refractivity contribution is 7.91. The third kappa shape index (κ3) is 4.42. The van der Waals surface area contributed by atoms with E-state index >= 15 is 0 Å². The summed E-state index contributed by atoms with van der Waals surface area (Å²) in [4.78, 5) is 14.5. The Labute approximate surface area is 113 Å². The van der Waals surface area contributed by atoms with Crippen LogP contribution in [0.2, 0.25) is 0 Å². The van der Waals surface area contributed by atoms with Gasteiger partial charge in [-0.3, -0.25) is 4.79 Å². The molecule has 1 aromatic heterocycles. The lowest BCUT2D eigenvalue weighted by molar-refractivity contribution is -0.130. The summed E-state index contributed by atoms with van der Waals surface area (Å²) in [6, 6.07) is 3.52. The van der Waals surface area contributed by atoms with E-state index in [9.17, 15) is 13.2 Å². The zero-order valence-electron chi connectivity index (χ0n) is 10.9. The van der Waals surface area contributed by atoms with Crippen LogP contribution < -0.4 is 0 Å². The Bertz CT molecular complexity index is 479. The highest BCUT2D eigenvalue weighted by atomic mass is 32.2. The summed E-state index contributed by atoms with van der Waals surface area (Å²) >= 11 is 1.53. The van der Waals surface area contributed by atoms with Crippen LogP contribution in [0.25, 0.3) is 0 Å². The van der Waals surface area contributed by atoms with E-state index in [0.717, 1.165) is 4.88 Å². The van der Waals surface area contributed by atoms with Crippen molar-refractivity contribution in [3.05, 3.63) is 22.4 Å². The van der Waals surface area contributed by atoms with Crippen LogP contribution in [-0.2, 0) is 21.1 Å². The van der Waals surface area contributed by atoms with Crippen molar-refractivity contribution in [3.8, 4) is 0 Å². The lowest BCUT2D eigenvalue weighted by atomic mass is 10.2. The minimum absolute atomic E-state index is 0.0240. The van der Waals surface area contributed by atoms with Crippen LogP contribution >= 0.6 is 11.3 Å². The van der Waals surface area contributed by atoms with Gasteiger partial charge in [-0.1, -0.05) is 13.0 Å². The molecule has 1 heterocycles. The molecule has 1 rings (SSSR count). The van der Waals surface area contributed by atoms with E-state index in [2.05, 4.69) is 0 Å². The number of sulfone groups is 1. The third-order valence-corrected chi connectivity index (χ3v) is 5.64. The zero-order valence-corrected chi connectivity index (χ0v) is 12.6. The van der Waals surface area contributed by atoms with Crippen molar-refractivity contribution in [1.29, 1.82) is 0 Å². The van der Waals surface area contributed by atoms with Crippen molar-refractivity contribution in [2.75, 3.05) is 18.6 Å². The van der Waals surface area contributed by atoms with Gasteiger partial charge in [0.1, 0.15) is 0 Å². The zero-order chi connectivity index (χ0) is 13.8. The summed E-state index contributed by atoms with van der Waals surface area (Å²) in [5.41, 5.74) is 0. The molecule has 0 fully saturated rings. The first-order chi connectivity index (χ1) is 8.35. The summed E-state index contributed by atoms with van der Waals surface area (Å²) in [5.74, 6) is 0.0942. The minimum Gasteiger partial charge on any atom is -0.342 e. The number of rotatable bonds is 6. The van der Waals surface area contributed by atoms with Crippen LogP contribution in [0.5, 0.6) is 0 Å². The van der Waals surface area contributed by atoms with Crippen molar-refractivity contribution in [1.82, 2.24) is 4.90 Å². The molecule has 1 amide bonds. The monoisotopic (exact) mass is 289 g/mol. The molecule has 18 heavy (non-hydrogen) atoms. The molecule has 0 saturated carbocycles. The molecule has 4 nitrogen and oxygen atoms in total. The molecule has 102 valence electrons. The molecule has 0 saturated heterocycles. The van der Waals surface area contributed by atoms with Crippen molar-refractivity contribution in [2.24, 2.45) is 0 Å². The Morgan fingerprint density at radius 1 is 1.50 bits per heavy atom. The third-order valence-electron chi connectivity index (χ3n) is 2.90. The van der Waals surface area contributed by atoms with Gasteiger partial charge in [0.15, 0.2) is 9.84 Å². The fraction of sp³-hybridized carbons (Fsp3) is 0.583. The average Bonchev–Trinajstić information content (AvgIpc) is 2.80. The lowest BCUT2D eigenvalue weighted by Crippen LogP contribution is -2.40. The van der Waals surface area contributed by atoms with Crippen molar-refractivity contribution in [2.45, 2.75) is 26.3 Å². The summed E-state index contributed by atoms with van der Waals surface area (Å²) in [6.07, 6.45) is 0.338. The first-order valence-corrected chi connectivity index (χ1v) is 8.54. The molecule has 0 aliphatic heterocycles. The molecule has 0 N–H and O–H groups in total. The Kier molecular flexibility index (Phi) is 5.34. The van der Waals surface area contributed by atoms with E-state index in [1.54, 1.807) is 20.9 Å². The normalized spacial score (nSPS) is 13.3. The van der Waals surface area contributed by atoms with Crippen LogP contribution in [0.4, 0.5) is 0 Å². The van der Waals surface area contributed by atoms with Crippen LogP contribution in [0.15, 0.2) is 17.5 Å². The molecule has 1 atom stereocenters. The highest BCUT2D eigenvalue weighted by Gasteiger charge is 2.21. The van der Waals surface area contributed by atoms with Gasteiger partial charge in [0.05, 0.1) is 12.2 Å². The largest absolute Gasteiger partial charge is 0.342 e. The number of hydrogen-bond donors (Lipinski definition) is 0. The van der Waals surface area contributed by atoms with E-state index in [-0.39, 0.29) is 23.5 Å². The standard InChI is InChI=1S/C12H19NO3S2/c1-4-18(15,16)9-10(2)13(3)12(14)8-11-6-5-7-17-11/h5-7,10H,4,8-9H2,1-3H3. The molecular weight excluding hydrogens is 270 g/mol. The van der Waals surface area contributed by atoms with Crippen molar-refractivity contribution < 1.29 is 13.2 Å². The molecule has 0 radical (unpaired) electrons. The molecule has 6 heteroatoms. The average molecular weight is 289 g/mol. The second-order valence-electron chi connectivity index (χ2n) is 4.31. The number of carbonyl (C=O) groups is 1. The summed E-state index contributed by atoms with van der Waals surface area (Å²) in [6.45, 7) is 3.38. The minimum atomic E-state index is -3.05. The van der Waals surface area contributed by atoms with Gasteiger partial charge in [-0.15, -0.1) is 11.3 Å². The molecule has 0 aliphatic rings. The second kappa shape index (κ2) is 6.33. The predicted molar refractivity (Wildman–Crippen MR) is 74.6 cm³/mol. The Morgan fingerprint density at radius 3 is 2.67 bits per heavy atom. The van der Waals surface area contributed by atoms with Crippen molar-refractivity contribution in [3.63, 3.8) is 0 Å². The van der Waals surface area contributed by atoms with Crippen molar-refractivity contribution >= 4 is 27.1 Å². The number of nitrogens with zero attached hydrogens (tertiary/aromatic N) is 1. The summed E-state index contributed by atoms with van der Waals surface area (Å²) < 4.78 is 23.0. The van der Waals surface area contributed by atoms with Gasteiger partial charge in [-0.25, -0.2) is 8.42 Å². The summed E-state index contributed by atoms with van der Waals surface area (Å²) in [7, 11) is -1.39. The van der Waals surface area contributed by atoms with Gasteiger partial charge in [0.2, 0.25) is 5.91 Å². The molecule has 1 unspecified atom stereocenters. The van der Waals surface area contributed by atoms with Gasteiger partial charge in [-0.05, 0) is 18.4 Å². The number of hydrogen-bond acceptors (Lipinski definition) is 4. The van der Waals surface area contributed by atoms with Crippen LogP contribution in [0, 0.1) is 0 Å². The van der Waals surface area contributed by atoms with Crippen LogP contribution in [0.1, 0.15) is 18.7 Å². The van der Waals surface area contributed by atoms with Gasteiger partial charge < -0.3 is 4.90 Å². The predicted octanol–water partition coefficient (Wildman–Crippen LogP) is 1.57. The number of carbonyl (C=O) groups excluding carboxylic acids is 1. The van der Waals surface area contributed by atoms with Gasteiger partial charge >= 0.3 is 0 Å². The quantitative estimate of drug-likeness (QED) is 0.799. The lowest BCUT2D eigenvalue weighted by Gasteiger charge is -2.24.